The molecule has 0 spiro atoms. The number of hydrogen-bond donors (Lipinski definition) is 2. The van der Waals surface area contributed by atoms with Gasteiger partial charge in [0.1, 0.15) is 0 Å². The Morgan fingerprint density at radius 1 is 0.955 bits per heavy atom. The number of amides is 1. The molecule has 0 aromatic rings. The molecule has 0 atom stereocenters. The average molecular weight is 352 g/mol. The predicted octanol–water partition coefficient (Wildman–Crippen LogP) is 2.35. The molecule has 1 amide bonds. The molecule has 0 unspecified atom stereocenters. The summed E-state index contributed by atoms with van der Waals surface area (Å²) in [6, 6.07) is 1.25. The van der Waals surface area contributed by atoms with E-state index in [1.54, 1.807) is 0 Å². The van der Waals surface area contributed by atoms with Crippen LogP contribution in [0.4, 0.5) is 0 Å². The highest BCUT2D eigenvalue weighted by Crippen LogP contribution is 2.27. The van der Waals surface area contributed by atoms with Gasteiger partial charge in [0.05, 0.1) is 6.54 Å². The van der Waals surface area contributed by atoms with Crippen molar-refractivity contribution in [1.29, 1.82) is 0 Å². The van der Waals surface area contributed by atoms with Gasteiger partial charge in [-0.15, -0.1) is 24.8 Å². The Hall–Kier alpha value is -0.0300. The largest absolute Gasteiger partial charge is 0.352 e. The summed E-state index contributed by atoms with van der Waals surface area (Å²) >= 11 is 0. The van der Waals surface area contributed by atoms with E-state index in [1.807, 2.05) is 0 Å². The number of halogens is 2. The van der Waals surface area contributed by atoms with E-state index in [0.29, 0.717) is 12.6 Å². The molecule has 1 heterocycles. The molecule has 6 heteroatoms. The van der Waals surface area contributed by atoms with Crippen LogP contribution in [-0.4, -0.2) is 49.1 Å². The summed E-state index contributed by atoms with van der Waals surface area (Å²) in [6.07, 6.45) is 10.5. The van der Waals surface area contributed by atoms with E-state index in [4.69, 9.17) is 0 Å². The first-order valence-electron chi connectivity index (χ1n) is 8.55. The molecule has 130 valence electrons. The first kappa shape index (κ1) is 20.0. The van der Waals surface area contributed by atoms with Crippen LogP contribution in [0.25, 0.3) is 0 Å². The molecule has 2 aliphatic carbocycles. The van der Waals surface area contributed by atoms with Crippen molar-refractivity contribution in [3.63, 3.8) is 0 Å². The maximum Gasteiger partial charge on any atom is 0.234 e. The Morgan fingerprint density at radius 2 is 1.59 bits per heavy atom. The molecule has 3 aliphatic rings. The van der Waals surface area contributed by atoms with Gasteiger partial charge in [0, 0.05) is 25.2 Å². The first-order valence-corrected chi connectivity index (χ1v) is 8.55. The Morgan fingerprint density at radius 3 is 2.18 bits per heavy atom. The third-order valence-corrected chi connectivity index (χ3v) is 5.15. The lowest BCUT2D eigenvalue weighted by Gasteiger charge is -2.36. The van der Waals surface area contributed by atoms with Crippen molar-refractivity contribution in [2.45, 2.75) is 63.5 Å². The zero-order chi connectivity index (χ0) is 13.8. The van der Waals surface area contributed by atoms with E-state index < -0.39 is 0 Å². The molecule has 0 aromatic heterocycles. The lowest BCUT2D eigenvalue weighted by Crippen LogP contribution is -2.49. The number of likely N-dealkylation sites (tertiary alicyclic amines) is 1. The van der Waals surface area contributed by atoms with E-state index >= 15 is 0 Å². The minimum Gasteiger partial charge on any atom is -0.352 e. The van der Waals surface area contributed by atoms with Crippen LogP contribution in [0.5, 0.6) is 0 Å². The SMILES string of the molecule is Cl.Cl.O=C(CNCC1CC1)NC1CCN(C2CCCC2)CC1. The van der Waals surface area contributed by atoms with E-state index in [2.05, 4.69) is 15.5 Å². The van der Waals surface area contributed by atoms with Gasteiger partial charge in [-0.25, -0.2) is 0 Å². The fourth-order valence-electron chi connectivity index (χ4n) is 3.67. The molecular formula is C16H31Cl2N3O. The maximum atomic E-state index is 11.9. The minimum absolute atomic E-state index is 0. The Bertz CT molecular complexity index is 325. The second-order valence-corrected chi connectivity index (χ2v) is 6.89. The van der Waals surface area contributed by atoms with Crippen molar-refractivity contribution in [1.82, 2.24) is 15.5 Å². The summed E-state index contributed by atoms with van der Waals surface area (Å²) < 4.78 is 0. The number of piperidine rings is 1. The van der Waals surface area contributed by atoms with Gasteiger partial charge in [-0.1, -0.05) is 12.8 Å². The fraction of sp³-hybridized carbons (Fsp3) is 0.938. The minimum atomic E-state index is 0. The van der Waals surface area contributed by atoms with Crippen LogP contribution in [0.3, 0.4) is 0 Å². The summed E-state index contributed by atoms with van der Waals surface area (Å²) in [6.45, 7) is 3.86. The average Bonchev–Trinajstić information content (AvgIpc) is 3.11. The molecule has 3 fully saturated rings. The van der Waals surface area contributed by atoms with Crippen molar-refractivity contribution in [3.8, 4) is 0 Å². The van der Waals surface area contributed by atoms with Crippen LogP contribution in [0.15, 0.2) is 0 Å². The summed E-state index contributed by atoms with van der Waals surface area (Å²) in [5, 5.41) is 6.46. The molecule has 22 heavy (non-hydrogen) atoms. The predicted molar refractivity (Wildman–Crippen MR) is 95.1 cm³/mol. The van der Waals surface area contributed by atoms with Gasteiger partial charge in [-0.3, -0.25) is 4.79 Å². The monoisotopic (exact) mass is 351 g/mol. The van der Waals surface area contributed by atoms with Crippen molar-refractivity contribution in [3.05, 3.63) is 0 Å². The number of carbonyl (C=O) groups excluding carboxylic acids is 1. The quantitative estimate of drug-likeness (QED) is 0.771. The summed E-state index contributed by atoms with van der Waals surface area (Å²) in [4.78, 5) is 14.5. The molecule has 0 aromatic carbocycles. The van der Waals surface area contributed by atoms with E-state index in [9.17, 15) is 4.79 Å². The smallest absolute Gasteiger partial charge is 0.234 e. The van der Waals surface area contributed by atoms with Gasteiger partial charge in [0.25, 0.3) is 0 Å². The molecule has 2 saturated carbocycles. The number of carbonyl (C=O) groups is 1. The van der Waals surface area contributed by atoms with Gasteiger partial charge < -0.3 is 15.5 Å². The molecule has 4 nitrogen and oxygen atoms in total. The van der Waals surface area contributed by atoms with Crippen molar-refractivity contribution in [2.75, 3.05) is 26.2 Å². The van der Waals surface area contributed by atoms with Crippen LogP contribution < -0.4 is 10.6 Å². The topological polar surface area (TPSA) is 44.4 Å². The summed E-state index contributed by atoms with van der Waals surface area (Å²) in [5.74, 6) is 1.03. The number of nitrogens with zero attached hydrogens (tertiary/aromatic N) is 1. The molecule has 2 N–H and O–H groups in total. The van der Waals surface area contributed by atoms with E-state index in [-0.39, 0.29) is 30.7 Å². The third-order valence-electron chi connectivity index (χ3n) is 5.15. The standard InChI is InChI=1S/C16H29N3O.2ClH/c20-16(12-17-11-13-5-6-13)18-14-7-9-19(10-8-14)15-3-1-2-4-15;;/h13-15,17H,1-12H2,(H,18,20);2*1H. The van der Waals surface area contributed by atoms with Gasteiger partial charge in [0.2, 0.25) is 5.91 Å². The maximum absolute atomic E-state index is 11.9. The molecule has 1 saturated heterocycles. The highest BCUT2D eigenvalue weighted by atomic mass is 35.5. The lowest BCUT2D eigenvalue weighted by atomic mass is 10.0. The normalized spacial score (nSPS) is 23.6. The van der Waals surface area contributed by atoms with Crippen molar-refractivity contribution >= 4 is 30.7 Å². The zero-order valence-electron chi connectivity index (χ0n) is 13.4. The number of rotatable bonds is 6. The molecule has 3 rings (SSSR count). The van der Waals surface area contributed by atoms with Crippen molar-refractivity contribution in [2.24, 2.45) is 5.92 Å². The summed E-state index contributed by atoms with van der Waals surface area (Å²) in [5.41, 5.74) is 0. The number of nitrogens with one attached hydrogen (secondary N) is 2. The van der Waals surface area contributed by atoms with Gasteiger partial charge in [-0.2, -0.15) is 0 Å². The first-order chi connectivity index (χ1) is 9.81. The van der Waals surface area contributed by atoms with Gasteiger partial charge in [-0.05, 0) is 51.0 Å². The molecular weight excluding hydrogens is 321 g/mol. The van der Waals surface area contributed by atoms with Crippen LogP contribution >= 0.6 is 24.8 Å². The summed E-state index contributed by atoms with van der Waals surface area (Å²) in [7, 11) is 0. The van der Waals surface area contributed by atoms with Crippen LogP contribution in [0, 0.1) is 5.92 Å². The Kier molecular flexibility index (Phi) is 9.07. The number of hydrogen-bond acceptors (Lipinski definition) is 3. The van der Waals surface area contributed by atoms with Crippen LogP contribution in [-0.2, 0) is 4.79 Å². The van der Waals surface area contributed by atoms with E-state index in [1.165, 1.54) is 51.6 Å². The third kappa shape index (κ3) is 6.23. The molecule has 0 bridgehead atoms. The Balaban J connectivity index is 0.00000121. The van der Waals surface area contributed by atoms with Gasteiger partial charge >= 0.3 is 0 Å². The van der Waals surface area contributed by atoms with Crippen LogP contribution in [0.2, 0.25) is 0 Å². The molecule has 0 radical (unpaired) electrons. The second-order valence-electron chi connectivity index (χ2n) is 6.89. The zero-order valence-corrected chi connectivity index (χ0v) is 15.0. The van der Waals surface area contributed by atoms with Gasteiger partial charge in [0.15, 0.2) is 0 Å². The second kappa shape index (κ2) is 9.96. The fourth-order valence-corrected chi connectivity index (χ4v) is 3.67. The molecule has 1 aliphatic heterocycles. The van der Waals surface area contributed by atoms with E-state index in [0.717, 1.165) is 31.3 Å². The Labute approximate surface area is 147 Å². The van der Waals surface area contributed by atoms with Crippen molar-refractivity contribution < 1.29 is 4.79 Å². The highest BCUT2D eigenvalue weighted by molar-refractivity contribution is 5.85. The highest BCUT2D eigenvalue weighted by Gasteiger charge is 2.27. The van der Waals surface area contributed by atoms with Crippen LogP contribution in [0.1, 0.15) is 51.4 Å². The lowest BCUT2D eigenvalue weighted by molar-refractivity contribution is -0.121.